The van der Waals surface area contributed by atoms with E-state index in [-0.39, 0.29) is 24.2 Å². The van der Waals surface area contributed by atoms with E-state index in [1.54, 1.807) is 4.90 Å². The highest BCUT2D eigenvalue weighted by Crippen LogP contribution is 2.35. The molecule has 1 saturated heterocycles. The first-order valence-corrected chi connectivity index (χ1v) is 9.69. The van der Waals surface area contributed by atoms with Crippen LogP contribution in [0.2, 0.25) is 0 Å². The first-order chi connectivity index (χ1) is 12.8. The fourth-order valence-electron chi connectivity index (χ4n) is 4.26. The zero-order valence-corrected chi connectivity index (χ0v) is 16.1. The minimum absolute atomic E-state index is 0.0311. The molecule has 1 unspecified atom stereocenters. The molecule has 6 heteroatoms. The minimum atomic E-state index is -0.884. The maximum atomic E-state index is 12.9. The van der Waals surface area contributed by atoms with Gasteiger partial charge in [-0.1, -0.05) is 17.2 Å². The molecule has 6 nitrogen and oxygen atoms in total. The molecule has 3 rings (SSSR count). The predicted octanol–water partition coefficient (Wildman–Crippen LogP) is 2.67. The third-order valence-corrected chi connectivity index (χ3v) is 5.74. The summed E-state index contributed by atoms with van der Waals surface area (Å²) in [5.74, 6) is -1.32. The van der Waals surface area contributed by atoms with E-state index in [0.717, 1.165) is 30.4 Å². The number of likely N-dealkylation sites (tertiary alicyclic amines) is 1. The lowest BCUT2D eigenvalue weighted by molar-refractivity contribution is -0.141. The number of carbonyl (C=O) groups is 3. The molecule has 2 fully saturated rings. The molecular formula is C21H28N2O4. The van der Waals surface area contributed by atoms with Crippen LogP contribution in [-0.2, 0) is 9.59 Å². The fraction of sp³-hybridized carbons (Fsp3) is 0.571. The Bertz CT molecular complexity index is 734. The second-order valence-electron chi connectivity index (χ2n) is 8.16. The highest BCUT2D eigenvalue weighted by molar-refractivity contribution is 5.95. The van der Waals surface area contributed by atoms with E-state index in [1.165, 1.54) is 0 Å². The Labute approximate surface area is 159 Å². The highest BCUT2D eigenvalue weighted by Gasteiger charge is 2.42. The normalized spacial score (nSPS) is 21.3. The number of carbonyl (C=O) groups excluding carboxylic acids is 2. The van der Waals surface area contributed by atoms with Crippen LogP contribution >= 0.6 is 0 Å². The number of aliphatic carboxylic acids is 1. The number of rotatable bonds is 5. The van der Waals surface area contributed by atoms with Gasteiger partial charge in [0.15, 0.2) is 0 Å². The number of hydrogen-bond donors (Lipinski definition) is 2. The number of piperidine rings is 1. The number of nitrogens with one attached hydrogen (secondary N) is 1. The summed E-state index contributed by atoms with van der Waals surface area (Å²) in [5.41, 5.74) is 2.16. The maximum Gasteiger partial charge on any atom is 0.305 e. The van der Waals surface area contributed by atoms with Gasteiger partial charge in [0, 0.05) is 18.7 Å². The van der Waals surface area contributed by atoms with E-state index < -0.39 is 11.5 Å². The number of carboxylic acid groups (broad SMARTS) is 1. The summed E-state index contributed by atoms with van der Waals surface area (Å²) in [6, 6.07) is 5.80. The second-order valence-corrected chi connectivity index (χ2v) is 8.16. The van der Waals surface area contributed by atoms with Crippen molar-refractivity contribution in [3.05, 3.63) is 34.9 Å². The molecule has 1 aromatic carbocycles. The van der Waals surface area contributed by atoms with E-state index in [0.29, 0.717) is 31.5 Å². The molecule has 0 aromatic heterocycles. The van der Waals surface area contributed by atoms with Gasteiger partial charge in [-0.2, -0.15) is 0 Å². The topological polar surface area (TPSA) is 86.7 Å². The molecule has 2 N–H and O–H groups in total. The van der Waals surface area contributed by atoms with Gasteiger partial charge < -0.3 is 15.3 Å². The van der Waals surface area contributed by atoms with E-state index in [1.807, 2.05) is 32.0 Å². The van der Waals surface area contributed by atoms with E-state index >= 15 is 0 Å². The van der Waals surface area contributed by atoms with E-state index in [2.05, 4.69) is 5.32 Å². The Morgan fingerprint density at radius 1 is 1.15 bits per heavy atom. The molecule has 1 aromatic rings. The quantitative estimate of drug-likeness (QED) is 0.832. The number of hydrogen-bond acceptors (Lipinski definition) is 3. The Kier molecular flexibility index (Phi) is 5.53. The van der Waals surface area contributed by atoms with Crippen LogP contribution in [0, 0.1) is 19.8 Å². The molecular weight excluding hydrogens is 344 g/mol. The molecule has 1 aliphatic carbocycles. The summed E-state index contributed by atoms with van der Waals surface area (Å²) < 4.78 is 0. The van der Waals surface area contributed by atoms with Gasteiger partial charge >= 0.3 is 5.97 Å². The molecule has 27 heavy (non-hydrogen) atoms. The Morgan fingerprint density at radius 2 is 1.81 bits per heavy atom. The minimum Gasteiger partial charge on any atom is -0.481 e. The average Bonchev–Trinajstić information content (AvgIpc) is 2.58. The average molecular weight is 372 g/mol. The summed E-state index contributed by atoms with van der Waals surface area (Å²) in [6.07, 6.45) is 3.84. The van der Waals surface area contributed by atoms with Crippen molar-refractivity contribution in [2.24, 2.45) is 5.92 Å². The third kappa shape index (κ3) is 4.49. The van der Waals surface area contributed by atoms with Crippen molar-refractivity contribution in [3.63, 3.8) is 0 Å². The monoisotopic (exact) mass is 372 g/mol. The predicted molar refractivity (Wildman–Crippen MR) is 102 cm³/mol. The standard InChI is InChI=1S/C21H28N2O4/c1-14-9-15(2)11-17(10-14)20(27)23-8-3-5-16(13-23)19(26)22-21(6-4-7-21)12-18(24)25/h9-11,16H,3-8,12-13H2,1-2H3,(H,22,26)(H,24,25). The van der Waals surface area contributed by atoms with Crippen molar-refractivity contribution in [1.82, 2.24) is 10.2 Å². The van der Waals surface area contributed by atoms with Gasteiger partial charge in [-0.15, -0.1) is 0 Å². The molecule has 0 spiro atoms. The van der Waals surface area contributed by atoms with Crippen molar-refractivity contribution in [1.29, 1.82) is 0 Å². The smallest absolute Gasteiger partial charge is 0.305 e. The Morgan fingerprint density at radius 3 is 2.37 bits per heavy atom. The summed E-state index contributed by atoms with van der Waals surface area (Å²) >= 11 is 0. The van der Waals surface area contributed by atoms with Gasteiger partial charge in [-0.05, 0) is 58.1 Å². The molecule has 1 heterocycles. The highest BCUT2D eigenvalue weighted by atomic mass is 16.4. The molecule has 0 radical (unpaired) electrons. The van der Waals surface area contributed by atoms with Gasteiger partial charge in [0.05, 0.1) is 17.9 Å². The van der Waals surface area contributed by atoms with Crippen LogP contribution in [0.4, 0.5) is 0 Å². The van der Waals surface area contributed by atoms with Crippen molar-refractivity contribution in [3.8, 4) is 0 Å². The van der Waals surface area contributed by atoms with Crippen LogP contribution in [0.1, 0.15) is 60.0 Å². The molecule has 2 amide bonds. The summed E-state index contributed by atoms with van der Waals surface area (Å²) in [6.45, 7) is 4.98. The van der Waals surface area contributed by atoms with Crippen LogP contribution in [0.5, 0.6) is 0 Å². The number of nitrogens with zero attached hydrogens (tertiary/aromatic N) is 1. The molecule has 0 bridgehead atoms. The fourth-order valence-corrected chi connectivity index (χ4v) is 4.26. The Balaban J connectivity index is 1.65. The molecule has 1 atom stereocenters. The summed E-state index contributed by atoms with van der Waals surface area (Å²) in [4.78, 5) is 38.5. The van der Waals surface area contributed by atoms with Gasteiger partial charge in [-0.25, -0.2) is 0 Å². The van der Waals surface area contributed by atoms with Gasteiger partial charge in [0.1, 0.15) is 0 Å². The van der Waals surface area contributed by atoms with E-state index in [9.17, 15) is 14.4 Å². The van der Waals surface area contributed by atoms with Crippen LogP contribution in [0.15, 0.2) is 18.2 Å². The number of benzene rings is 1. The summed E-state index contributed by atoms with van der Waals surface area (Å²) in [5, 5.41) is 12.1. The van der Waals surface area contributed by atoms with Crippen LogP contribution in [0.25, 0.3) is 0 Å². The van der Waals surface area contributed by atoms with Crippen molar-refractivity contribution >= 4 is 17.8 Å². The van der Waals surface area contributed by atoms with Crippen LogP contribution in [-0.4, -0.2) is 46.4 Å². The second kappa shape index (κ2) is 7.71. The molecule has 2 aliphatic rings. The van der Waals surface area contributed by atoms with Gasteiger partial charge in [-0.3, -0.25) is 14.4 Å². The number of carboxylic acids is 1. The lowest BCUT2D eigenvalue weighted by Crippen LogP contribution is -2.57. The maximum absolute atomic E-state index is 12.9. The number of amides is 2. The zero-order valence-electron chi connectivity index (χ0n) is 16.1. The molecule has 1 saturated carbocycles. The van der Waals surface area contributed by atoms with Crippen molar-refractivity contribution in [2.45, 2.75) is 57.9 Å². The Hall–Kier alpha value is -2.37. The van der Waals surface area contributed by atoms with Crippen LogP contribution < -0.4 is 5.32 Å². The van der Waals surface area contributed by atoms with Crippen molar-refractivity contribution in [2.75, 3.05) is 13.1 Å². The van der Waals surface area contributed by atoms with Gasteiger partial charge in [0.2, 0.25) is 5.91 Å². The van der Waals surface area contributed by atoms with Gasteiger partial charge in [0.25, 0.3) is 5.91 Å². The van der Waals surface area contributed by atoms with Crippen molar-refractivity contribution < 1.29 is 19.5 Å². The largest absolute Gasteiger partial charge is 0.481 e. The lowest BCUT2D eigenvalue weighted by atomic mass is 9.74. The third-order valence-electron chi connectivity index (χ3n) is 5.74. The molecule has 146 valence electrons. The SMILES string of the molecule is Cc1cc(C)cc(C(=O)N2CCCC(C(=O)NC3(CC(=O)O)CCC3)C2)c1. The zero-order chi connectivity index (χ0) is 19.6. The molecule has 1 aliphatic heterocycles. The first-order valence-electron chi connectivity index (χ1n) is 9.69. The summed E-state index contributed by atoms with van der Waals surface area (Å²) in [7, 11) is 0. The lowest BCUT2D eigenvalue weighted by Gasteiger charge is -2.43. The number of aryl methyl sites for hydroxylation is 2. The first kappa shape index (κ1) is 19.4. The van der Waals surface area contributed by atoms with E-state index in [4.69, 9.17) is 5.11 Å². The van der Waals surface area contributed by atoms with Crippen LogP contribution in [0.3, 0.4) is 0 Å².